The van der Waals surface area contributed by atoms with Gasteiger partial charge in [0, 0.05) is 17.5 Å². The highest BCUT2D eigenvalue weighted by Crippen LogP contribution is 2.19. The lowest BCUT2D eigenvalue weighted by atomic mass is 10.1. The predicted octanol–water partition coefficient (Wildman–Crippen LogP) is 3.32. The number of nitrogens with one attached hydrogen (secondary N) is 2. The zero-order valence-corrected chi connectivity index (χ0v) is 12.7. The Morgan fingerprint density at radius 2 is 2.29 bits per heavy atom. The van der Waals surface area contributed by atoms with E-state index in [1.54, 1.807) is 6.20 Å². The number of hydrogen-bond acceptors (Lipinski definition) is 4. The van der Waals surface area contributed by atoms with Gasteiger partial charge >= 0.3 is 0 Å². The SMILES string of the molecule is CC(C)c1nc2ccc(CC(=O)Nc3nccs3)cc2[nH]1. The molecular weight excluding hydrogens is 284 g/mol. The van der Waals surface area contributed by atoms with Gasteiger partial charge < -0.3 is 10.3 Å². The van der Waals surface area contributed by atoms with Gasteiger partial charge in [-0.1, -0.05) is 19.9 Å². The minimum Gasteiger partial charge on any atom is -0.342 e. The van der Waals surface area contributed by atoms with E-state index < -0.39 is 0 Å². The first-order chi connectivity index (χ1) is 10.1. The standard InChI is InChI=1S/C15H16N4OS/c1-9(2)14-17-11-4-3-10(7-12(11)18-14)8-13(20)19-15-16-5-6-21-15/h3-7,9H,8H2,1-2H3,(H,17,18)(H,16,19,20). The summed E-state index contributed by atoms with van der Waals surface area (Å²) >= 11 is 1.41. The van der Waals surface area contributed by atoms with Crippen LogP contribution in [0.3, 0.4) is 0 Å². The lowest BCUT2D eigenvalue weighted by Crippen LogP contribution is -2.14. The molecule has 1 aromatic carbocycles. The molecule has 0 saturated heterocycles. The van der Waals surface area contributed by atoms with Crippen LogP contribution in [0.5, 0.6) is 0 Å². The van der Waals surface area contributed by atoms with Crippen LogP contribution in [-0.2, 0) is 11.2 Å². The van der Waals surface area contributed by atoms with Gasteiger partial charge in [0.05, 0.1) is 17.5 Å². The molecule has 0 saturated carbocycles. The fourth-order valence-corrected chi connectivity index (χ4v) is 2.64. The van der Waals surface area contributed by atoms with Crippen molar-refractivity contribution in [1.29, 1.82) is 0 Å². The van der Waals surface area contributed by atoms with Crippen LogP contribution in [0.4, 0.5) is 5.13 Å². The highest BCUT2D eigenvalue weighted by molar-refractivity contribution is 7.13. The number of thiazole rings is 1. The number of hydrogen-bond donors (Lipinski definition) is 2. The number of imidazole rings is 1. The summed E-state index contributed by atoms with van der Waals surface area (Å²) in [7, 11) is 0. The molecule has 0 atom stereocenters. The first kappa shape index (κ1) is 13.8. The smallest absolute Gasteiger partial charge is 0.230 e. The highest BCUT2D eigenvalue weighted by atomic mass is 32.1. The fourth-order valence-electron chi connectivity index (χ4n) is 2.09. The van der Waals surface area contributed by atoms with Crippen LogP contribution >= 0.6 is 11.3 Å². The molecule has 0 bridgehead atoms. The summed E-state index contributed by atoms with van der Waals surface area (Å²) in [4.78, 5) is 23.8. The van der Waals surface area contributed by atoms with Crippen LogP contribution in [0.2, 0.25) is 0 Å². The summed E-state index contributed by atoms with van der Waals surface area (Å²) in [5, 5.41) is 5.25. The number of rotatable bonds is 4. The van der Waals surface area contributed by atoms with E-state index in [0.717, 1.165) is 22.4 Å². The van der Waals surface area contributed by atoms with E-state index in [1.165, 1.54) is 11.3 Å². The Morgan fingerprint density at radius 3 is 3.00 bits per heavy atom. The van der Waals surface area contributed by atoms with Crippen molar-refractivity contribution >= 4 is 33.4 Å². The maximum atomic E-state index is 12.0. The van der Waals surface area contributed by atoms with E-state index in [0.29, 0.717) is 17.5 Å². The summed E-state index contributed by atoms with van der Waals surface area (Å²) < 4.78 is 0. The van der Waals surface area contributed by atoms with E-state index in [-0.39, 0.29) is 5.91 Å². The number of anilines is 1. The van der Waals surface area contributed by atoms with Gasteiger partial charge in [0.25, 0.3) is 0 Å². The molecule has 6 heteroatoms. The zero-order chi connectivity index (χ0) is 14.8. The molecule has 108 valence electrons. The Morgan fingerprint density at radius 1 is 1.43 bits per heavy atom. The van der Waals surface area contributed by atoms with Crippen molar-refractivity contribution in [3.63, 3.8) is 0 Å². The quantitative estimate of drug-likeness (QED) is 0.776. The van der Waals surface area contributed by atoms with Gasteiger partial charge in [-0.2, -0.15) is 0 Å². The van der Waals surface area contributed by atoms with Crippen LogP contribution < -0.4 is 5.32 Å². The number of carbonyl (C=O) groups excluding carboxylic acids is 1. The predicted molar refractivity (Wildman–Crippen MR) is 84.6 cm³/mol. The van der Waals surface area contributed by atoms with Crippen LogP contribution in [0, 0.1) is 0 Å². The Balaban J connectivity index is 1.76. The Kier molecular flexibility index (Phi) is 3.70. The number of carbonyl (C=O) groups is 1. The molecule has 0 fully saturated rings. The maximum Gasteiger partial charge on any atom is 0.230 e. The van der Waals surface area contributed by atoms with Crippen LogP contribution in [0.1, 0.15) is 31.2 Å². The van der Waals surface area contributed by atoms with Gasteiger partial charge in [0.1, 0.15) is 5.82 Å². The van der Waals surface area contributed by atoms with E-state index in [1.807, 2.05) is 23.6 Å². The average molecular weight is 300 g/mol. The lowest BCUT2D eigenvalue weighted by molar-refractivity contribution is -0.115. The molecule has 0 radical (unpaired) electrons. The minimum atomic E-state index is -0.0621. The van der Waals surface area contributed by atoms with E-state index >= 15 is 0 Å². The van der Waals surface area contributed by atoms with E-state index in [4.69, 9.17) is 0 Å². The molecule has 5 nitrogen and oxygen atoms in total. The third kappa shape index (κ3) is 3.11. The molecule has 1 amide bonds. The molecule has 21 heavy (non-hydrogen) atoms. The average Bonchev–Trinajstić information content (AvgIpc) is 3.06. The third-order valence-corrected chi connectivity index (χ3v) is 3.84. The molecular formula is C15H16N4OS. The zero-order valence-electron chi connectivity index (χ0n) is 11.9. The van der Waals surface area contributed by atoms with Gasteiger partial charge in [-0.15, -0.1) is 11.3 Å². The van der Waals surface area contributed by atoms with Crippen LogP contribution in [0.25, 0.3) is 11.0 Å². The Bertz CT molecular complexity index is 761. The number of aromatic amines is 1. The van der Waals surface area contributed by atoms with Crippen molar-refractivity contribution in [3.05, 3.63) is 41.2 Å². The number of aromatic nitrogens is 3. The molecule has 2 N–H and O–H groups in total. The van der Waals surface area contributed by atoms with Crippen molar-refractivity contribution in [2.45, 2.75) is 26.2 Å². The molecule has 3 aromatic rings. The third-order valence-electron chi connectivity index (χ3n) is 3.15. The molecule has 0 spiro atoms. The number of nitrogens with zero attached hydrogens (tertiary/aromatic N) is 2. The number of fused-ring (bicyclic) bond motifs is 1. The second-order valence-electron chi connectivity index (χ2n) is 5.19. The maximum absolute atomic E-state index is 12.0. The van der Waals surface area contributed by atoms with Gasteiger partial charge in [-0.3, -0.25) is 4.79 Å². The molecule has 3 rings (SSSR count). The summed E-state index contributed by atoms with van der Waals surface area (Å²) in [6.07, 6.45) is 2.00. The molecule has 0 aliphatic carbocycles. The van der Waals surface area contributed by atoms with Crippen molar-refractivity contribution in [2.24, 2.45) is 0 Å². The number of benzene rings is 1. The van der Waals surface area contributed by atoms with Crippen molar-refractivity contribution in [2.75, 3.05) is 5.32 Å². The van der Waals surface area contributed by atoms with Crippen molar-refractivity contribution < 1.29 is 4.79 Å². The number of H-pyrrole nitrogens is 1. The second kappa shape index (κ2) is 5.65. The monoisotopic (exact) mass is 300 g/mol. The summed E-state index contributed by atoms with van der Waals surface area (Å²) in [5.74, 6) is 1.26. The minimum absolute atomic E-state index is 0.0621. The Hall–Kier alpha value is -2.21. The molecule has 0 aliphatic rings. The lowest BCUT2D eigenvalue weighted by Gasteiger charge is -2.02. The van der Waals surface area contributed by atoms with Crippen LogP contribution in [-0.4, -0.2) is 20.9 Å². The van der Waals surface area contributed by atoms with Crippen molar-refractivity contribution in [1.82, 2.24) is 15.0 Å². The molecule has 2 heterocycles. The first-order valence-corrected chi connectivity index (χ1v) is 7.67. The van der Waals surface area contributed by atoms with Gasteiger partial charge in [-0.25, -0.2) is 9.97 Å². The van der Waals surface area contributed by atoms with Crippen molar-refractivity contribution in [3.8, 4) is 0 Å². The van der Waals surface area contributed by atoms with E-state index in [2.05, 4.69) is 34.1 Å². The molecule has 2 aromatic heterocycles. The first-order valence-electron chi connectivity index (χ1n) is 6.79. The largest absolute Gasteiger partial charge is 0.342 e. The summed E-state index contributed by atoms with van der Waals surface area (Å²) in [5.41, 5.74) is 2.86. The fraction of sp³-hybridized carbons (Fsp3) is 0.267. The molecule has 0 unspecified atom stereocenters. The topological polar surface area (TPSA) is 70.7 Å². The van der Waals surface area contributed by atoms with Gasteiger partial charge in [0.15, 0.2) is 5.13 Å². The summed E-state index contributed by atoms with van der Waals surface area (Å²) in [6.45, 7) is 4.19. The molecule has 0 aliphatic heterocycles. The summed E-state index contributed by atoms with van der Waals surface area (Å²) in [6, 6.07) is 5.87. The Labute approximate surface area is 126 Å². The highest BCUT2D eigenvalue weighted by Gasteiger charge is 2.09. The number of amides is 1. The van der Waals surface area contributed by atoms with E-state index in [9.17, 15) is 4.79 Å². The second-order valence-corrected chi connectivity index (χ2v) is 6.09. The normalized spacial score (nSPS) is 11.2. The van der Waals surface area contributed by atoms with Crippen LogP contribution in [0.15, 0.2) is 29.8 Å². The van der Waals surface area contributed by atoms with Gasteiger partial charge in [0.2, 0.25) is 5.91 Å². The van der Waals surface area contributed by atoms with Gasteiger partial charge in [-0.05, 0) is 17.7 Å².